The number of aryl methyl sites for hydroxylation is 2. The molecule has 30 heavy (non-hydrogen) atoms. The van der Waals surface area contributed by atoms with Crippen molar-refractivity contribution in [3.63, 3.8) is 0 Å². The summed E-state index contributed by atoms with van der Waals surface area (Å²) in [6.07, 6.45) is 4.56. The number of hydrogen-bond acceptors (Lipinski definition) is 7. The third-order valence-electron chi connectivity index (χ3n) is 5.14. The first-order valence-corrected chi connectivity index (χ1v) is 10.9. The molecular formula is C23H26N4O2S. The van der Waals surface area contributed by atoms with Gasteiger partial charge in [-0.3, -0.25) is 0 Å². The molecule has 0 amide bonds. The van der Waals surface area contributed by atoms with Crippen LogP contribution in [0.3, 0.4) is 0 Å². The molecule has 156 valence electrons. The topological polar surface area (TPSA) is 69.2 Å². The van der Waals surface area contributed by atoms with E-state index in [1.54, 1.807) is 31.9 Å². The van der Waals surface area contributed by atoms with Crippen LogP contribution in [0, 0.1) is 6.92 Å². The number of methoxy groups -OCH3 is 2. The van der Waals surface area contributed by atoms with Crippen molar-refractivity contribution in [1.82, 2.24) is 15.0 Å². The van der Waals surface area contributed by atoms with Crippen molar-refractivity contribution in [1.29, 1.82) is 0 Å². The van der Waals surface area contributed by atoms with Gasteiger partial charge >= 0.3 is 0 Å². The highest BCUT2D eigenvalue weighted by atomic mass is 32.1. The maximum atomic E-state index is 5.40. The van der Waals surface area contributed by atoms with Gasteiger partial charge in [0.2, 0.25) is 0 Å². The second-order valence-corrected chi connectivity index (χ2v) is 8.23. The SMILES string of the molecule is CCCc1cc(C)c2c(n1)sc1c(NCCc3ccc(OC)c(OC)c3)ncnc12. The Balaban J connectivity index is 1.58. The van der Waals surface area contributed by atoms with Crippen LogP contribution >= 0.6 is 11.3 Å². The Morgan fingerprint density at radius 3 is 2.63 bits per heavy atom. The molecule has 0 bridgehead atoms. The van der Waals surface area contributed by atoms with Crippen LogP contribution in [0.5, 0.6) is 11.5 Å². The molecule has 0 radical (unpaired) electrons. The highest BCUT2D eigenvalue weighted by Crippen LogP contribution is 2.37. The molecule has 0 aliphatic carbocycles. The fourth-order valence-corrected chi connectivity index (χ4v) is 4.88. The van der Waals surface area contributed by atoms with Crippen molar-refractivity contribution in [3.8, 4) is 11.5 Å². The normalized spacial score (nSPS) is 11.2. The molecule has 0 spiro atoms. The van der Waals surface area contributed by atoms with Gasteiger partial charge in [-0.1, -0.05) is 19.4 Å². The zero-order valence-corrected chi connectivity index (χ0v) is 18.6. The monoisotopic (exact) mass is 422 g/mol. The minimum Gasteiger partial charge on any atom is -0.493 e. The summed E-state index contributed by atoms with van der Waals surface area (Å²) in [7, 11) is 3.30. The summed E-state index contributed by atoms with van der Waals surface area (Å²) in [6.45, 7) is 5.07. The molecule has 0 saturated heterocycles. The number of pyridine rings is 1. The van der Waals surface area contributed by atoms with E-state index in [-0.39, 0.29) is 0 Å². The van der Waals surface area contributed by atoms with Gasteiger partial charge in [-0.15, -0.1) is 11.3 Å². The molecule has 4 aromatic rings. The predicted octanol–water partition coefficient (Wildman–Crippen LogP) is 5.17. The van der Waals surface area contributed by atoms with Crippen LogP contribution in [0.2, 0.25) is 0 Å². The van der Waals surface area contributed by atoms with Gasteiger partial charge in [-0.05, 0) is 49.1 Å². The van der Waals surface area contributed by atoms with Crippen molar-refractivity contribution in [2.45, 2.75) is 33.1 Å². The molecule has 0 aliphatic rings. The van der Waals surface area contributed by atoms with Crippen LogP contribution in [0.1, 0.15) is 30.2 Å². The Bertz CT molecular complexity index is 1190. The summed E-state index contributed by atoms with van der Waals surface area (Å²) in [5.74, 6) is 2.34. The fraction of sp³-hybridized carbons (Fsp3) is 0.348. The lowest BCUT2D eigenvalue weighted by Crippen LogP contribution is -2.07. The Kier molecular flexibility index (Phi) is 5.99. The third-order valence-corrected chi connectivity index (χ3v) is 6.22. The molecule has 1 aromatic carbocycles. The number of benzene rings is 1. The summed E-state index contributed by atoms with van der Waals surface area (Å²) in [4.78, 5) is 15.0. The Morgan fingerprint density at radius 1 is 1.03 bits per heavy atom. The lowest BCUT2D eigenvalue weighted by atomic mass is 10.1. The van der Waals surface area contributed by atoms with Crippen LogP contribution in [0.4, 0.5) is 5.82 Å². The molecule has 1 N–H and O–H groups in total. The molecule has 7 heteroatoms. The van der Waals surface area contributed by atoms with Crippen molar-refractivity contribution < 1.29 is 9.47 Å². The van der Waals surface area contributed by atoms with Crippen LogP contribution in [0.25, 0.3) is 20.4 Å². The Hall–Kier alpha value is -2.93. The van der Waals surface area contributed by atoms with E-state index in [1.807, 2.05) is 12.1 Å². The molecule has 0 unspecified atom stereocenters. The largest absolute Gasteiger partial charge is 0.493 e. The number of anilines is 1. The van der Waals surface area contributed by atoms with Crippen molar-refractivity contribution in [2.75, 3.05) is 26.1 Å². The molecule has 4 rings (SSSR count). The van der Waals surface area contributed by atoms with E-state index in [0.717, 1.165) is 69.3 Å². The molecule has 0 aliphatic heterocycles. The number of aromatic nitrogens is 3. The number of fused-ring (bicyclic) bond motifs is 3. The van der Waals surface area contributed by atoms with Gasteiger partial charge in [-0.2, -0.15) is 0 Å². The lowest BCUT2D eigenvalue weighted by molar-refractivity contribution is 0.354. The molecule has 6 nitrogen and oxygen atoms in total. The quantitative estimate of drug-likeness (QED) is 0.422. The minimum absolute atomic E-state index is 0.738. The highest BCUT2D eigenvalue weighted by molar-refractivity contribution is 7.26. The standard InChI is InChI=1S/C23H26N4O2S/c1-5-6-16-11-14(2)19-20-21(30-23(19)27-16)22(26-13-25-20)24-10-9-15-7-8-17(28-3)18(12-15)29-4/h7-8,11-13H,5-6,9-10H2,1-4H3,(H,24,25,26). The lowest BCUT2D eigenvalue weighted by Gasteiger charge is -2.10. The van der Waals surface area contributed by atoms with Gasteiger partial charge in [-0.25, -0.2) is 15.0 Å². The van der Waals surface area contributed by atoms with Crippen LogP contribution in [-0.2, 0) is 12.8 Å². The van der Waals surface area contributed by atoms with Crippen molar-refractivity contribution in [2.24, 2.45) is 0 Å². The average molecular weight is 423 g/mol. The summed E-state index contributed by atoms with van der Waals surface area (Å²) in [5, 5.41) is 4.62. The number of rotatable bonds is 8. The molecule has 0 atom stereocenters. The van der Waals surface area contributed by atoms with E-state index < -0.39 is 0 Å². The van der Waals surface area contributed by atoms with Gasteiger partial charge in [0.15, 0.2) is 11.5 Å². The van der Waals surface area contributed by atoms with E-state index in [1.165, 1.54) is 11.1 Å². The Labute approximate surface area is 180 Å². The maximum Gasteiger partial charge on any atom is 0.160 e. The van der Waals surface area contributed by atoms with E-state index in [2.05, 4.69) is 41.3 Å². The number of nitrogens with one attached hydrogen (secondary N) is 1. The van der Waals surface area contributed by atoms with E-state index in [9.17, 15) is 0 Å². The van der Waals surface area contributed by atoms with Crippen molar-refractivity contribution in [3.05, 3.63) is 47.4 Å². The first-order chi connectivity index (χ1) is 14.6. The van der Waals surface area contributed by atoms with E-state index in [0.29, 0.717) is 0 Å². The molecule has 0 saturated carbocycles. The van der Waals surface area contributed by atoms with Gasteiger partial charge in [0.05, 0.1) is 24.4 Å². The fourth-order valence-electron chi connectivity index (χ4n) is 3.69. The number of ether oxygens (including phenoxy) is 2. The van der Waals surface area contributed by atoms with Gasteiger partial charge in [0.1, 0.15) is 17.0 Å². The second-order valence-electron chi connectivity index (χ2n) is 7.23. The summed E-state index contributed by atoms with van der Waals surface area (Å²) < 4.78 is 11.8. The van der Waals surface area contributed by atoms with E-state index >= 15 is 0 Å². The molecular weight excluding hydrogens is 396 g/mol. The first kappa shape index (κ1) is 20.3. The highest BCUT2D eigenvalue weighted by Gasteiger charge is 2.15. The zero-order valence-electron chi connectivity index (χ0n) is 17.8. The third kappa shape index (κ3) is 3.89. The number of hydrogen-bond donors (Lipinski definition) is 1. The molecule has 3 aromatic heterocycles. The first-order valence-electron chi connectivity index (χ1n) is 10.1. The summed E-state index contributed by atoms with van der Waals surface area (Å²) in [6, 6.07) is 8.19. The average Bonchev–Trinajstić information content (AvgIpc) is 3.13. The van der Waals surface area contributed by atoms with Crippen LogP contribution in [0.15, 0.2) is 30.6 Å². The number of thiophene rings is 1. The zero-order chi connectivity index (χ0) is 21.1. The minimum atomic E-state index is 0.738. The van der Waals surface area contributed by atoms with Gasteiger partial charge < -0.3 is 14.8 Å². The molecule has 0 fully saturated rings. The summed E-state index contributed by atoms with van der Waals surface area (Å²) in [5.41, 5.74) is 4.52. The van der Waals surface area contributed by atoms with Crippen LogP contribution in [-0.4, -0.2) is 35.7 Å². The van der Waals surface area contributed by atoms with Crippen molar-refractivity contribution >= 4 is 37.6 Å². The number of nitrogens with zero attached hydrogens (tertiary/aromatic N) is 3. The molecule has 3 heterocycles. The predicted molar refractivity (Wildman–Crippen MR) is 123 cm³/mol. The second kappa shape index (κ2) is 8.83. The van der Waals surface area contributed by atoms with Gasteiger partial charge in [0, 0.05) is 17.6 Å². The maximum absolute atomic E-state index is 5.40. The van der Waals surface area contributed by atoms with E-state index in [4.69, 9.17) is 14.5 Å². The summed E-state index contributed by atoms with van der Waals surface area (Å²) >= 11 is 1.66. The van der Waals surface area contributed by atoms with Crippen LogP contribution < -0.4 is 14.8 Å². The van der Waals surface area contributed by atoms with Gasteiger partial charge in [0.25, 0.3) is 0 Å². The Morgan fingerprint density at radius 2 is 1.87 bits per heavy atom. The smallest absolute Gasteiger partial charge is 0.160 e.